The Morgan fingerprint density at radius 1 is 0.895 bits per heavy atom. The number of hydrogen-bond acceptors (Lipinski definition) is 1. The molecule has 0 amide bonds. The van der Waals surface area contributed by atoms with E-state index in [9.17, 15) is 0 Å². The van der Waals surface area contributed by atoms with Crippen LogP contribution in [-0.4, -0.2) is 0 Å². The highest BCUT2D eigenvalue weighted by Crippen LogP contribution is 2.23. The highest BCUT2D eigenvalue weighted by atomic mass is 14.6. The van der Waals surface area contributed by atoms with Gasteiger partial charge in [0.2, 0.25) is 0 Å². The van der Waals surface area contributed by atoms with Gasteiger partial charge in [-0.1, -0.05) is 69.3 Å². The lowest BCUT2D eigenvalue weighted by molar-refractivity contribution is 0.846. The van der Waals surface area contributed by atoms with Crippen LogP contribution in [-0.2, 0) is 6.42 Å². The van der Waals surface area contributed by atoms with Crippen LogP contribution in [0.5, 0.6) is 0 Å². The predicted molar refractivity (Wildman–Crippen MR) is 82.4 cm³/mol. The molecule has 1 nitrogen and oxygen atoms in total. The summed E-state index contributed by atoms with van der Waals surface area (Å²) >= 11 is 0. The van der Waals surface area contributed by atoms with E-state index in [4.69, 9.17) is 5.73 Å². The molecular formula is C18H23N. The van der Waals surface area contributed by atoms with Crippen LogP contribution in [0.3, 0.4) is 0 Å². The summed E-state index contributed by atoms with van der Waals surface area (Å²) in [7, 11) is 0. The second-order valence-corrected chi connectivity index (χ2v) is 5.40. The quantitative estimate of drug-likeness (QED) is 0.857. The average molecular weight is 253 g/mol. The lowest BCUT2D eigenvalue weighted by Gasteiger charge is -2.15. The van der Waals surface area contributed by atoms with E-state index >= 15 is 0 Å². The van der Waals surface area contributed by atoms with Crippen LogP contribution in [0.4, 0.5) is 0 Å². The molecule has 2 N–H and O–H groups in total. The van der Waals surface area contributed by atoms with Gasteiger partial charge in [0.25, 0.3) is 0 Å². The van der Waals surface area contributed by atoms with E-state index in [2.05, 4.69) is 69.3 Å². The maximum absolute atomic E-state index is 6.37. The Hall–Kier alpha value is -1.60. The second kappa shape index (κ2) is 6.03. The van der Waals surface area contributed by atoms with Gasteiger partial charge < -0.3 is 5.73 Å². The minimum atomic E-state index is -0.0345. The Bertz CT molecular complexity index is 526. The molecule has 0 fully saturated rings. The molecule has 1 unspecified atom stereocenters. The SMILES string of the molecule is CCc1cccc(C(N)c2ccc(C(C)C)cc2)c1. The molecule has 1 atom stereocenters. The van der Waals surface area contributed by atoms with Crippen molar-refractivity contribution < 1.29 is 0 Å². The monoisotopic (exact) mass is 253 g/mol. The highest BCUT2D eigenvalue weighted by molar-refractivity contribution is 5.35. The Kier molecular flexibility index (Phi) is 4.39. The third-order valence-electron chi connectivity index (χ3n) is 3.68. The number of rotatable bonds is 4. The molecular weight excluding hydrogens is 230 g/mol. The van der Waals surface area contributed by atoms with Crippen molar-refractivity contribution in [3.05, 3.63) is 70.8 Å². The summed E-state index contributed by atoms with van der Waals surface area (Å²) in [5.74, 6) is 0.564. The molecule has 2 aromatic rings. The largest absolute Gasteiger partial charge is 0.320 e. The van der Waals surface area contributed by atoms with Crippen LogP contribution >= 0.6 is 0 Å². The lowest BCUT2D eigenvalue weighted by atomic mass is 9.95. The summed E-state index contributed by atoms with van der Waals surface area (Å²) in [6.45, 7) is 6.58. The molecule has 0 aliphatic carbocycles. The van der Waals surface area contributed by atoms with E-state index in [0.29, 0.717) is 5.92 Å². The number of benzene rings is 2. The average Bonchev–Trinajstić information content (AvgIpc) is 2.46. The molecule has 0 radical (unpaired) electrons. The van der Waals surface area contributed by atoms with Crippen molar-refractivity contribution in [1.82, 2.24) is 0 Å². The van der Waals surface area contributed by atoms with Crippen LogP contribution in [0, 0.1) is 0 Å². The van der Waals surface area contributed by atoms with Crippen LogP contribution in [0.2, 0.25) is 0 Å². The molecule has 2 rings (SSSR count). The molecule has 0 bridgehead atoms. The molecule has 19 heavy (non-hydrogen) atoms. The zero-order valence-electron chi connectivity index (χ0n) is 12.1. The molecule has 0 saturated heterocycles. The first-order valence-electron chi connectivity index (χ1n) is 7.06. The molecule has 0 aromatic heterocycles. The maximum atomic E-state index is 6.37. The third kappa shape index (κ3) is 3.24. The molecule has 0 saturated carbocycles. The summed E-state index contributed by atoms with van der Waals surface area (Å²) in [6.07, 6.45) is 1.05. The fourth-order valence-electron chi connectivity index (χ4n) is 2.29. The van der Waals surface area contributed by atoms with Crippen molar-refractivity contribution in [1.29, 1.82) is 0 Å². The summed E-state index contributed by atoms with van der Waals surface area (Å²) in [4.78, 5) is 0. The van der Waals surface area contributed by atoms with Gasteiger partial charge in [0.15, 0.2) is 0 Å². The standard InChI is InChI=1S/C18H23N/c1-4-14-6-5-7-17(12-14)18(19)16-10-8-15(9-11-16)13(2)3/h5-13,18H,4,19H2,1-3H3. The van der Waals surface area contributed by atoms with Crippen molar-refractivity contribution in [2.24, 2.45) is 5.73 Å². The summed E-state index contributed by atoms with van der Waals surface area (Å²) in [6, 6.07) is 17.2. The first-order chi connectivity index (χ1) is 9.11. The Balaban J connectivity index is 2.25. The van der Waals surface area contributed by atoms with E-state index in [-0.39, 0.29) is 6.04 Å². The topological polar surface area (TPSA) is 26.0 Å². The molecule has 0 aliphatic rings. The van der Waals surface area contributed by atoms with Gasteiger partial charge in [-0.2, -0.15) is 0 Å². The summed E-state index contributed by atoms with van der Waals surface area (Å²) in [5, 5.41) is 0. The second-order valence-electron chi connectivity index (χ2n) is 5.40. The first kappa shape index (κ1) is 13.8. The molecule has 100 valence electrons. The van der Waals surface area contributed by atoms with Crippen LogP contribution in [0.15, 0.2) is 48.5 Å². The number of nitrogens with two attached hydrogens (primary N) is 1. The van der Waals surface area contributed by atoms with Crippen LogP contribution in [0.25, 0.3) is 0 Å². The predicted octanol–water partition coefficient (Wildman–Crippen LogP) is 4.42. The van der Waals surface area contributed by atoms with Crippen molar-refractivity contribution in [2.75, 3.05) is 0 Å². The molecule has 2 aromatic carbocycles. The summed E-state index contributed by atoms with van der Waals surface area (Å²) in [5.41, 5.74) is 11.4. The van der Waals surface area contributed by atoms with E-state index in [1.54, 1.807) is 0 Å². The highest BCUT2D eigenvalue weighted by Gasteiger charge is 2.09. The van der Waals surface area contributed by atoms with Crippen molar-refractivity contribution in [3.8, 4) is 0 Å². The van der Waals surface area contributed by atoms with Gasteiger partial charge in [0.05, 0.1) is 6.04 Å². The maximum Gasteiger partial charge on any atom is 0.0551 e. The van der Waals surface area contributed by atoms with Gasteiger partial charge in [-0.05, 0) is 34.6 Å². The Labute approximate surface area is 116 Å². The minimum absolute atomic E-state index is 0.0345. The van der Waals surface area contributed by atoms with Crippen molar-refractivity contribution >= 4 is 0 Å². The molecule has 0 heterocycles. The van der Waals surface area contributed by atoms with Gasteiger partial charge in [0, 0.05) is 0 Å². The zero-order chi connectivity index (χ0) is 13.8. The van der Waals surface area contributed by atoms with Crippen LogP contribution < -0.4 is 5.73 Å². The van der Waals surface area contributed by atoms with Gasteiger partial charge in [-0.15, -0.1) is 0 Å². The van der Waals surface area contributed by atoms with E-state index < -0.39 is 0 Å². The molecule has 0 aliphatic heterocycles. The van der Waals surface area contributed by atoms with Gasteiger partial charge in [0.1, 0.15) is 0 Å². The summed E-state index contributed by atoms with van der Waals surface area (Å²) < 4.78 is 0. The lowest BCUT2D eigenvalue weighted by Crippen LogP contribution is -2.12. The third-order valence-corrected chi connectivity index (χ3v) is 3.68. The Morgan fingerprint density at radius 3 is 2.11 bits per heavy atom. The molecule has 0 spiro atoms. The fraction of sp³-hybridized carbons (Fsp3) is 0.333. The van der Waals surface area contributed by atoms with E-state index in [0.717, 1.165) is 6.42 Å². The molecule has 1 heteroatoms. The minimum Gasteiger partial charge on any atom is -0.320 e. The first-order valence-corrected chi connectivity index (χ1v) is 7.06. The van der Waals surface area contributed by atoms with Gasteiger partial charge >= 0.3 is 0 Å². The van der Waals surface area contributed by atoms with Gasteiger partial charge in [-0.25, -0.2) is 0 Å². The normalized spacial score (nSPS) is 12.7. The number of hydrogen-bond donors (Lipinski definition) is 1. The van der Waals surface area contributed by atoms with Crippen molar-refractivity contribution in [2.45, 2.75) is 39.2 Å². The van der Waals surface area contributed by atoms with Gasteiger partial charge in [-0.3, -0.25) is 0 Å². The van der Waals surface area contributed by atoms with Crippen molar-refractivity contribution in [3.63, 3.8) is 0 Å². The van der Waals surface area contributed by atoms with E-state index in [1.165, 1.54) is 22.3 Å². The Morgan fingerprint density at radius 2 is 1.53 bits per heavy atom. The number of aryl methyl sites for hydroxylation is 1. The fourth-order valence-corrected chi connectivity index (χ4v) is 2.29. The zero-order valence-corrected chi connectivity index (χ0v) is 12.1. The van der Waals surface area contributed by atoms with Crippen LogP contribution in [0.1, 0.15) is 55.0 Å². The van der Waals surface area contributed by atoms with E-state index in [1.807, 2.05) is 0 Å². The smallest absolute Gasteiger partial charge is 0.0551 e.